The Morgan fingerprint density at radius 1 is 0.471 bits per heavy atom. The third kappa shape index (κ3) is 37.0. The summed E-state index contributed by atoms with van der Waals surface area (Å²) in [6.07, 6.45) is 50.7. The van der Waals surface area contributed by atoms with Gasteiger partial charge in [-0.15, -0.1) is 0 Å². The van der Waals surface area contributed by atoms with Crippen LogP contribution in [0.5, 0.6) is 0 Å². The molecule has 0 aromatic carbocycles. The molecule has 4 N–H and O–H groups in total. The molecular formula is C46H89NO4. The van der Waals surface area contributed by atoms with Gasteiger partial charge in [0.25, 0.3) is 0 Å². The minimum absolute atomic E-state index is 0.364. The van der Waals surface area contributed by atoms with Crippen molar-refractivity contribution in [1.82, 2.24) is 5.32 Å². The molecule has 0 fully saturated rings. The molecule has 3 unspecified atom stereocenters. The topological polar surface area (TPSA) is 89.8 Å². The SMILES string of the molecule is CCCCCCCCCCCC/C=C\CCCCCCCCC(O)C(=O)NC(CO)C(O)/C=C/CCCCCCCCCCCCCCCCC. The molecule has 0 aromatic heterocycles. The smallest absolute Gasteiger partial charge is 0.249 e. The van der Waals surface area contributed by atoms with Gasteiger partial charge in [-0.2, -0.15) is 0 Å². The number of carbonyl (C=O) groups excluding carboxylic acids is 1. The zero-order valence-corrected chi connectivity index (χ0v) is 34.2. The molecule has 0 radical (unpaired) electrons. The van der Waals surface area contributed by atoms with Gasteiger partial charge in [-0.1, -0.05) is 218 Å². The van der Waals surface area contributed by atoms with Gasteiger partial charge in [0.2, 0.25) is 5.91 Å². The number of carbonyl (C=O) groups is 1. The number of aliphatic hydroxyl groups is 3. The van der Waals surface area contributed by atoms with E-state index in [0.717, 1.165) is 32.1 Å². The maximum Gasteiger partial charge on any atom is 0.249 e. The number of allylic oxidation sites excluding steroid dienone is 3. The van der Waals surface area contributed by atoms with Crippen molar-refractivity contribution in [3.05, 3.63) is 24.3 Å². The lowest BCUT2D eigenvalue weighted by Crippen LogP contribution is -2.48. The highest BCUT2D eigenvalue weighted by Crippen LogP contribution is 2.15. The van der Waals surface area contributed by atoms with Crippen molar-refractivity contribution in [2.24, 2.45) is 0 Å². The van der Waals surface area contributed by atoms with Crippen LogP contribution in [0.15, 0.2) is 24.3 Å². The zero-order valence-electron chi connectivity index (χ0n) is 34.2. The maximum atomic E-state index is 12.5. The average molecular weight is 720 g/mol. The molecule has 51 heavy (non-hydrogen) atoms. The molecule has 0 aliphatic rings. The largest absolute Gasteiger partial charge is 0.394 e. The molecule has 0 rings (SSSR count). The zero-order chi connectivity index (χ0) is 37.3. The molecule has 0 bridgehead atoms. The van der Waals surface area contributed by atoms with E-state index in [4.69, 9.17) is 0 Å². The number of rotatable bonds is 41. The minimum atomic E-state index is -1.10. The van der Waals surface area contributed by atoms with Gasteiger partial charge < -0.3 is 20.6 Å². The second-order valence-corrected chi connectivity index (χ2v) is 15.6. The number of unbranched alkanes of at least 4 members (excludes halogenated alkanes) is 31. The Morgan fingerprint density at radius 2 is 0.784 bits per heavy atom. The molecule has 0 saturated carbocycles. The lowest BCUT2D eigenvalue weighted by atomic mass is 10.0. The van der Waals surface area contributed by atoms with Crippen LogP contribution in [0.3, 0.4) is 0 Å². The summed E-state index contributed by atoms with van der Waals surface area (Å²) < 4.78 is 0. The third-order valence-corrected chi connectivity index (χ3v) is 10.5. The minimum Gasteiger partial charge on any atom is -0.394 e. The van der Waals surface area contributed by atoms with E-state index in [1.807, 2.05) is 6.08 Å². The second-order valence-electron chi connectivity index (χ2n) is 15.6. The van der Waals surface area contributed by atoms with E-state index in [9.17, 15) is 20.1 Å². The third-order valence-electron chi connectivity index (χ3n) is 10.5. The van der Waals surface area contributed by atoms with E-state index >= 15 is 0 Å². The number of aliphatic hydroxyl groups excluding tert-OH is 3. The molecule has 1 amide bonds. The average Bonchev–Trinajstić information content (AvgIpc) is 3.13. The molecule has 0 aliphatic carbocycles. The van der Waals surface area contributed by atoms with Crippen LogP contribution in [-0.2, 0) is 4.79 Å². The first kappa shape index (κ1) is 49.8. The fraction of sp³-hybridized carbons (Fsp3) is 0.891. The molecular weight excluding hydrogens is 631 g/mol. The molecule has 0 spiro atoms. The molecule has 302 valence electrons. The number of hydrogen-bond donors (Lipinski definition) is 4. The Hall–Kier alpha value is -1.17. The van der Waals surface area contributed by atoms with Gasteiger partial charge in [0.1, 0.15) is 6.10 Å². The molecule has 3 atom stereocenters. The van der Waals surface area contributed by atoms with Crippen LogP contribution in [0.2, 0.25) is 0 Å². The summed E-state index contributed by atoms with van der Waals surface area (Å²) in [6.45, 7) is 4.19. The van der Waals surface area contributed by atoms with Gasteiger partial charge in [-0.05, 0) is 44.9 Å². The summed E-state index contributed by atoms with van der Waals surface area (Å²) in [4.78, 5) is 12.5. The molecule has 0 heterocycles. The van der Waals surface area contributed by atoms with Gasteiger partial charge in [0.05, 0.1) is 18.8 Å². The van der Waals surface area contributed by atoms with E-state index in [1.165, 1.54) is 186 Å². The lowest BCUT2D eigenvalue weighted by molar-refractivity contribution is -0.131. The van der Waals surface area contributed by atoms with Crippen LogP contribution >= 0.6 is 0 Å². The maximum absolute atomic E-state index is 12.5. The standard InChI is InChI=1S/C46H89NO4/c1-3-5-7-9-11-13-15-17-19-21-22-23-25-27-29-31-33-35-37-39-41-45(50)46(51)47-43(42-48)44(49)40-38-36-34-32-30-28-26-24-20-18-16-14-12-10-8-6-4-2/h23,25,38,40,43-45,48-50H,3-22,24,26-37,39,41-42H2,1-2H3,(H,47,51)/b25-23-,40-38+. The highest BCUT2D eigenvalue weighted by molar-refractivity contribution is 5.80. The summed E-state index contributed by atoms with van der Waals surface area (Å²) in [5.74, 6) is -0.506. The second kappa shape index (κ2) is 41.6. The van der Waals surface area contributed by atoms with Crippen molar-refractivity contribution in [3.8, 4) is 0 Å². The van der Waals surface area contributed by atoms with E-state index in [2.05, 4.69) is 31.3 Å². The predicted octanol–water partition coefficient (Wildman–Crippen LogP) is 13.0. The Bertz CT molecular complexity index is 754. The lowest BCUT2D eigenvalue weighted by Gasteiger charge is -2.21. The fourth-order valence-corrected chi connectivity index (χ4v) is 6.94. The van der Waals surface area contributed by atoms with Gasteiger partial charge in [0, 0.05) is 0 Å². The fourth-order valence-electron chi connectivity index (χ4n) is 6.94. The monoisotopic (exact) mass is 720 g/mol. The van der Waals surface area contributed by atoms with Crippen LogP contribution in [0.1, 0.15) is 239 Å². The highest BCUT2D eigenvalue weighted by Gasteiger charge is 2.22. The van der Waals surface area contributed by atoms with E-state index < -0.39 is 24.2 Å². The van der Waals surface area contributed by atoms with Crippen molar-refractivity contribution in [3.63, 3.8) is 0 Å². The summed E-state index contributed by atoms with van der Waals surface area (Å²) in [5.41, 5.74) is 0. The van der Waals surface area contributed by atoms with Crippen molar-refractivity contribution in [1.29, 1.82) is 0 Å². The first-order chi connectivity index (χ1) is 25.1. The van der Waals surface area contributed by atoms with Crippen molar-refractivity contribution >= 4 is 5.91 Å². The number of amides is 1. The van der Waals surface area contributed by atoms with Crippen molar-refractivity contribution < 1.29 is 20.1 Å². The van der Waals surface area contributed by atoms with E-state index in [0.29, 0.717) is 6.42 Å². The molecule has 0 aliphatic heterocycles. The van der Waals surface area contributed by atoms with Crippen LogP contribution in [0.4, 0.5) is 0 Å². The van der Waals surface area contributed by atoms with Crippen LogP contribution in [-0.4, -0.2) is 46.1 Å². The Morgan fingerprint density at radius 3 is 1.14 bits per heavy atom. The molecule has 5 heteroatoms. The van der Waals surface area contributed by atoms with E-state index in [1.54, 1.807) is 6.08 Å². The summed E-state index contributed by atoms with van der Waals surface area (Å²) in [5, 5.41) is 33.2. The predicted molar refractivity (Wildman–Crippen MR) is 222 cm³/mol. The normalized spacial score (nSPS) is 13.7. The Kier molecular flexibility index (Phi) is 40.6. The highest BCUT2D eigenvalue weighted by atomic mass is 16.3. The molecule has 5 nitrogen and oxygen atoms in total. The molecule has 0 aromatic rings. The van der Waals surface area contributed by atoms with Crippen LogP contribution < -0.4 is 5.32 Å². The first-order valence-corrected chi connectivity index (χ1v) is 22.7. The van der Waals surface area contributed by atoms with Crippen molar-refractivity contribution in [2.45, 2.75) is 257 Å². The van der Waals surface area contributed by atoms with Gasteiger partial charge in [-0.25, -0.2) is 0 Å². The van der Waals surface area contributed by atoms with Gasteiger partial charge in [0.15, 0.2) is 0 Å². The number of hydrogen-bond acceptors (Lipinski definition) is 4. The molecule has 0 saturated heterocycles. The van der Waals surface area contributed by atoms with Gasteiger partial charge in [-0.3, -0.25) is 4.79 Å². The Balaban J connectivity index is 3.67. The van der Waals surface area contributed by atoms with Crippen LogP contribution in [0, 0.1) is 0 Å². The number of nitrogens with one attached hydrogen (secondary N) is 1. The van der Waals surface area contributed by atoms with Crippen molar-refractivity contribution in [2.75, 3.05) is 6.61 Å². The Labute approximate surface area is 318 Å². The summed E-state index contributed by atoms with van der Waals surface area (Å²) in [7, 11) is 0. The summed E-state index contributed by atoms with van der Waals surface area (Å²) >= 11 is 0. The van der Waals surface area contributed by atoms with E-state index in [-0.39, 0.29) is 6.61 Å². The van der Waals surface area contributed by atoms with Crippen LogP contribution in [0.25, 0.3) is 0 Å². The summed E-state index contributed by atoms with van der Waals surface area (Å²) in [6, 6.07) is -0.798. The first-order valence-electron chi connectivity index (χ1n) is 22.7. The van der Waals surface area contributed by atoms with Gasteiger partial charge >= 0.3 is 0 Å². The quantitative estimate of drug-likeness (QED) is 0.0374.